The van der Waals surface area contributed by atoms with Gasteiger partial charge in [-0.2, -0.15) is 8.42 Å². The van der Waals surface area contributed by atoms with Crippen molar-refractivity contribution in [3.05, 3.63) is 119 Å². The molecule has 2 saturated heterocycles. The normalized spacial score (nSPS) is 19.7. The zero-order valence-electron chi connectivity index (χ0n) is 39.9. The molecule has 0 bridgehead atoms. The number of aliphatic hydroxyl groups excluding tert-OH is 4. The molecule has 67 heavy (non-hydrogen) atoms. The second kappa shape index (κ2) is 29.6. The van der Waals surface area contributed by atoms with E-state index in [0.29, 0.717) is 37.3 Å². The number of benzene rings is 4. The van der Waals surface area contributed by atoms with Gasteiger partial charge in [-0.15, -0.1) is 0 Å². The van der Waals surface area contributed by atoms with Crippen LogP contribution in [0.1, 0.15) is 86.5 Å². The van der Waals surface area contributed by atoms with E-state index in [1.807, 2.05) is 48.5 Å². The second-order valence-corrected chi connectivity index (χ2v) is 18.4. The van der Waals surface area contributed by atoms with E-state index in [-0.39, 0.29) is 13.2 Å². The summed E-state index contributed by atoms with van der Waals surface area (Å²) >= 11 is 0. The molecule has 0 spiro atoms. The van der Waals surface area contributed by atoms with Gasteiger partial charge in [-0.3, -0.25) is 18.9 Å². The molecule has 0 unspecified atom stereocenters. The highest BCUT2D eigenvalue weighted by molar-refractivity contribution is 7.79. The second-order valence-electron chi connectivity index (χ2n) is 17.5. The van der Waals surface area contributed by atoms with Gasteiger partial charge in [0.2, 0.25) is 0 Å². The SMILES string of the molecule is COc1ccc(CC[C@H]2CCC[C@@H](CCc3ccc(OC)cc3)N2C[C@@H](O)CO)cc1.COc1ccc(CC[C@H]2CCC[C@@H](CCc3ccc(OC)cc3)N2C[C@@H](O)CO)cc1.O=S(=O)(O)O. The molecule has 4 aromatic carbocycles. The van der Waals surface area contributed by atoms with Crippen molar-refractivity contribution in [1.29, 1.82) is 0 Å². The lowest BCUT2D eigenvalue weighted by Gasteiger charge is -2.43. The molecule has 0 aromatic heterocycles. The van der Waals surface area contributed by atoms with Gasteiger partial charge in [0, 0.05) is 37.3 Å². The topological polar surface area (TPSA) is 199 Å². The first-order chi connectivity index (χ1) is 32.2. The van der Waals surface area contributed by atoms with E-state index in [1.165, 1.54) is 35.1 Å². The van der Waals surface area contributed by atoms with Crippen LogP contribution in [0.15, 0.2) is 97.1 Å². The number of ether oxygens (including phenoxy) is 4. The van der Waals surface area contributed by atoms with Crippen molar-refractivity contribution in [1.82, 2.24) is 9.80 Å². The maximum atomic E-state index is 10.2. The number of methoxy groups -OCH3 is 4. The lowest BCUT2D eigenvalue weighted by molar-refractivity contribution is 0.00214. The average molecular weight is 953 g/mol. The molecule has 0 saturated carbocycles. The number of β-amino-alcohol motifs (C(OH)–C–C–N with tert-alkyl or cyclic N) is 2. The lowest BCUT2D eigenvalue weighted by Crippen LogP contribution is -2.50. The van der Waals surface area contributed by atoms with Crippen LogP contribution in [0.3, 0.4) is 0 Å². The highest BCUT2D eigenvalue weighted by Gasteiger charge is 2.33. The minimum Gasteiger partial charge on any atom is -0.497 e. The summed E-state index contributed by atoms with van der Waals surface area (Å²) in [6.07, 6.45) is 13.9. The van der Waals surface area contributed by atoms with Crippen molar-refractivity contribution in [2.24, 2.45) is 0 Å². The first-order valence-electron chi connectivity index (χ1n) is 23.6. The van der Waals surface area contributed by atoms with Gasteiger partial charge in [-0.25, -0.2) is 0 Å². The summed E-state index contributed by atoms with van der Waals surface area (Å²) in [5.74, 6) is 3.53. The van der Waals surface area contributed by atoms with Crippen LogP contribution in [0.25, 0.3) is 0 Å². The Balaban J connectivity index is 0.000000266. The quantitative estimate of drug-likeness (QED) is 0.0439. The monoisotopic (exact) mass is 953 g/mol. The smallest absolute Gasteiger partial charge is 0.394 e. The third kappa shape index (κ3) is 20.5. The maximum absolute atomic E-state index is 10.2. The van der Waals surface area contributed by atoms with Crippen LogP contribution < -0.4 is 18.9 Å². The van der Waals surface area contributed by atoms with E-state index in [0.717, 1.165) is 100 Å². The number of rotatable bonds is 22. The van der Waals surface area contributed by atoms with Crippen LogP contribution in [0.5, 0.6) is 23.0 Å². The van der Waals surface area contributed by atoms with E-state index >= 15 is 0 Å². The fraction of sp³-hybridized carbons (Fsp3) is 0.538. The highest BCUT2D eigenvalue weighted by atomic mass is 32.3. The van der Waals surface area contributed by atoms with E-state index in [2.05, 4.69) is 58.3 Å². The number of likely N-dealkylation sites (tertiary alicyclic amines) is 2. The maximum Gasteiger partial charge on any atom is 0.394 e. The van der Waals surface area contributed by atoms with Crippen LogP contribution in [0, 0.1) is 0 Å². The summed E-state index contributed by atoms with van der Waals surface area (Å²) in [6, 6.07) is 34.9. The number of aliphatic hydroxyl groups is 4. The molecule has 15 heteroatoms. The van der Waals surface area contributed by atoms with Gasteiger partial charge in [0.15, 0.2) is 0 Å². The van der Waals surface area contributed by atoms with Gasteiger partial charge in [0.05, 0.1) is 53.9 Å². The molecule has 6 N–H and O–H groups in total. The fourth-order valence-electron chi connectivity index (χ4n) is 9.38. The van der Waals surface area contributed by atoms with Crippen molar-refractivity contribution in [3.8, 4) is 23.0 Å². The molecular formula is C52H76N2O12S. The van der Waals surface area contributed by atoms with Crippen LogP contribution in [-0.2, 0) is 36.1 Å². The molecule has 6 atom stereocenters. The Labute approximate surface area is 399 Å². The van der Waals surface area contributed by atoms with Crippen LogP contribution >= 0.6 is 0 Å². The first-order valence-corrected chi connectivity index (χ1v) is 25.0. The molecule has 2 heterocycles. The third-order valence-corrected chi connectivity index (χ3v) is 13.0. The number of hydrogen-bond donors (Lipinski definition) is 6. The third-order valence-electron chi connectivity index (χ3n) is 13.0. The minimum absolute atomic E-state index is 0.188. The van der Waals surface area contributed by atoms with Crippen molar-refractivity contribution >= 4 is 10.4 Å². The van der Waals surface area contributed by atoms with Gasteiger partial charge in [0.25, 0.3) is 0 Å². The molecule has 0 radical (unpaired) electrons. The number of hydrogen-bond acceptors (Lipinski definition) is 12. The van der Waals surface area contributed by atoms with Gasteiger partial charge in [-0.1, -0.05) is 61.4 Å². The predicted octanol–water partition coefficient (Wildman–Crippen LogP) is 7.04. The van der Waals surface area contributed by atoms with Gasteiger partial charge >= 0.3 is 10.4 Å². The zero-order valence-corrected chi connectivity index (χ0v) is 40.7. The summed E-state index contributed by atoms with van der Waals surface area (Å²) < 4.78 is 52.6. The van der Waals surface area contributed by atoms with Crippen molar-refractivity contribution in [2.75, 3.05) is 54.7 Å². The van der Waals surface area contributed by atoms with E-state index in [9.17, 15) is 20.4 Å². The van der Waals surface area contributed by atoms with E-state index in [4.69, 9.17) is 36.5 Å². The van der Waals surface area contributed by atoms with Crippen molar-refractivity contribution in [2.45, 2.75) is 126 Å². The standard InChI is InChI=1S/2C26H37NO4.H2O4S/c2*1-30-25-14-8-20(9-15-25)6-12-22-4-3-5-23(27(22)18-24(29)19-28)13-7-21-10-16-26(31-2)17-11-21;1-5(2,3)4/h2*8-11,14-17,22-24,28-29H,3-7,12-13,18-19H2,1-2H3;(H2,1,2,3,4)/t2*22-,23+,24-;/m11./s1. The predicted molar refractivity (Wildman–Crippen MR) is 262 cm³/mol. The Morgan fingerprint density at radius 2 is 0.672 bits per heavy atom. The summed E-state index contributed by atoms with van der Waals surface area (Å²) in [7, 11) is 2.09. The Morgan fingerprint density at radius 1 is 0.463 bits per heavy atom. The fourth-order valence-corrected chi connectivity index (χ4v) is 9.38. The Hall–Kier alpha value is -4.29. The number of piperidine rings is 2. The van der Waals surface area contributed by atoms with Gasteiger partial charge in [-0.05, 0) is 148 Å². The van der Waals surface area contributed by atoms with Gasteiger partial charge < -0.3 is 39.4 Å². The van der Waals surface area contributed by atoms with E-state index in [1.54, 1.807) is 28.4 Å². The zero-order chi connectivity index (χ0) is 48.6. The molecule has 14 nitrogen and oxygen atoms in total. The largest absolute Gasteiger partial charge is 0.497 e. The van der Waals surface area contributed by atoms with Crippen molar-refractivity contribution in [3.63, 3.8) is 0 Å². The van der Waals surface area contributed by atoms with Crippen LogP contribution in [0.4, 0.5) is 0 Å². The molecule has 4 aromatic rings. The Kier molecular flexibility index (Phi) is 24.4. The molecule has 372 valence electrons. The summed E-state index contributed by atoms with van der Waals surface area (Å²) in [4.78, 5) is 4.94. The summed E-state index contributed by atoms with van der Waals surface area (Å²) in [6.45, 7) is 0.702. The Morgan fingerprint density at radius 3 is 0.851 bits per heavy atom. The lowest BCUT2D eigenvalue weighted by atomic mass is 9.88. The number of aryl methyl sites for hydroxylation is 4. The Bertz CT molecular complexity index is 1780. The van der Waals surface area contributed by atoms with Gasteiger partial charge in [0.1, 0.15) is 23.0 Å². The molecule has 0 aliphatic carbocycles. The number of nitrogens with zero attached hydrogens (tertiary/aromatic N) is 2. The molecule has 0 amide bonds. The molecular weight excluding hydrogens is 877 g/mol. The molecule has 2 aliphatic rings. The summed E-state index contributed by atoms with van der Waals surface area (Å²) in [5, 5.41) is 39.3. The summed E-state index contributed by atoms with van der Waals surface area (Å²) in [5.41, 5.74) is 5.24. The minimum atomic E-state index is -4.67. The molecule has 2 fully saturated rings. The first kappa shape index (κ1) is 55.3. The van der Waals surface area contributed by atoms with E-state index < -0.39 is 22.6 Å². The highest BCUT2D eigenvalue weighted by Crippen LogP contribution is 2.31. The molecule has 6 rings (SSSR count). The van der Waals surface area contributed by atoms with Crippen LogP contribution in [0.2, 0.25) is 0 Å². The molecule has 2 aliphatic heterocycles. The average Bonchev–Trinajstić information content (AvgIpc) is 3.34. The van der Waals surface area contributed by atoms with Crippen LogP contribution in [-0.4, -0.2) is 139 Å². The van der Waals surface area contributed by atoms with Crippen molar-refractivity contribution < 1.29 is 56.9 Å².